The largest absolute Gasteiger partial charge is 0.355 e. The highest BCUT2D eigenvalue weighted by atomic mass is 35.5. The maximum Gasteiger partial charge on any atom is 0.184 e. The van der Waals surface area contributed by atoms with E-state index in [9.17, 15) is 0 Å². The smallest absolute Gasteiger partial charge is 0.184 e. The van der Waals surface area contributed by atoms with Gasteiger partial charge in [0.1, 0.15) is 5.15 Å². The van der Waals surface area contributed by atoms with Crippen LogP contribution in [0.25, 0.3) is 0 Å². The van der Waals surface area contributed by atoms with Gasteiger partial charge in [-0.2, -0.15) is 0 Å². The fraction of sp³-hybridized carbons (Fsp3) is 0.667. The Morgan fingerprint density at radius 3 is 2.57 bits per heavy atom. The van der Waals surface area contributed by atoms with Crippen LogP contribution in [0.5, 0.6) is 0 Å². The number of nitrogens with zero attached hydrogens (tertiary/aromatic N) is 1. The number of halogens is 1. The summed E-state index contributed by atoms with van der Waals surface area (Å²) in [6, 6.07) is 0. The van der Waals surface area contributed by atoms with Gasteiger partial charge in [0.2, 0.25) is 0 Å². The third kappa shape index (κ3) is 2.59. The molecule has 0 aromatic carbocycles. The predicted molar refractivity (Wildman–Crippen MR) is 63.1 cm³/mol. The first-order chi connectivity index (χ1) is 6.65. The number of hydrogen-bond donors (Lipinski definition) is 2. The number of thiazole rings is 1. The van der Waals surface area contributed by atoms with Crippen LogP contribution in [-0.2, 0) is 0 Å². The predicted octanol–water partition coefficient (Wildman–Crippen LogP) is 2.73. The summed E-state index contributed by atoms with van der Waals surface area (Å²) in [6.07, 6.45) is 1.97. The summed E-state index contributed by atoms with van der Waals surface area (Å²) in [5, 5.41) is 6.56. The third-order valence-corrected chi connectivity index (χ3v) is 3.67. The first-order valence-electron chi connectivity index (χ1n) is 4.75. The van der Waals surface area contributed by atoms with Crippen molar-refractivity contribution in [2.45, 2.75) is 32.2 Å². The maximum atomic E-state index is 5.76. The zero-order valence-electron chi connectivity index (χ0n) is 8.51. The minimum absolute atomic E-state index is 0.0405. The van der Waals surface area contributed by atoms with Gasteiger partial charge in [-0.25, -0.2) is 4.98 Å². The molecule has 1 heterocycles. The molecule has 0 bridgehead atoms. The molecule has 0 aliphatic rings. The molecule has 0 aliphatic heterocycles. The van der Waals surface area contributed by atoms with Crippen molar-refractivity contribution >= 4 is 28.1 Å². The van der Waals surface area contributed by atoms with Crippen molar-refractivity contribution < 1.29 is 0 Å². The quantitative estimate of drug-likeness (QED) is 0.822. The van der Waals surface area contributed by atoms with Crippen LogP contribution in [0.4, 0.5) is 5.13 Å². The van der Waals surface area contributed by atoms with Crippen molar-refractivity contribution in [1.82, 2.24) is 4.98 Å². The zero-order chi connectivity index (χ0) is 10.6. The second kappa shape index (κ2) is 4.96. The van der Waals surface area contributed by atoms with E-state index >= 15 is 0 Å². The van der Waals surface area contributed by atoms with Gasteiger partial charge < -0.3 is 11.1 Å². The van der Waals surface area contributed by atoms with Crippen molar-refractivity contribution in [3.8, 4) is 0 Å². The Hall–Kier alpha value is -0.320. The molecule has 1 rings (SSSR count). The summed E-state index contributed by atoms with van der Waals surface area (Å²) in [5.41, 5.74) is 5.72. The lowest BCUT2D eigenvalue weighted by Crippen LogP contribution is -2.44. The van der Waals surface area contributed by atoms with Crippen LogP contribution in [0.2, 0.25) is 5.15 Å². The molecule has 3 N–H and O–H groups in total. The molecule has 1 aromatic rings. The first kappa shape index (κ1) is 11.8. The van der Waals surface area contributed by atoms with Gasteiger partial charge in [0, 0.05) is 11.9 Å². The van der Waals surface area contributed by atoms with Crippen LogP contribution < -0.4 is 11.1 Å². The van der Waals surface area contributed by atoms with Gasteiger partial charge in [0.25, 0.3) is 0 Å². The lowest BCUT2D eigenvalue weighted by molar-refractivity contribution is 0.445. The maximum absolute atomic E-state index is 5.76. The molecular formula is C9H16ClN3S. The molecule has 0 saturated heterocycles. The van der Waals surface area contributed by atoms with Crippen molar-refractivity contribution in [1.29, 1.82) is 0 Å². The van der Waals surface area contributed by atoms with Gasteiger partial charge in [-0.05, 0) is 12.8 Å². The second-order valence-corrected chi connectivity index (χ2v) is 4.54. The lowest BCUT2D eigenvalue weighted by atomic mass is 9.93. The Bertz CT molecular complexity index is 275. The van der Waals surface area contributed by atoms with Crippen molar-refractivity contribution in [2.24, 2.45) is 5.73 Å². The number of nitrogens with one attached hydrogen (secondary N) is 1. The molecule has 0 spiro atoms. The highest BCUT2D eigenvalue weighted by molar-refractivity contribution is 7.14. The number of nitrogens with two attached hydrogens (primary N) is 1. The molecule has 0 amide bonds. The fourth-order valence-corrected chi connectivity index (χ4v) is 2.26. The summed E-state index contributed by atoms with van der Waals surface area (Å²) in [7, 11) is 0. The molecule has 14 heavy (non-hydrogen) atoms. The van der Waals surface area contributed by atoms with E-state index in [1.807, 2.05) is 5.38 Å². The van der Waals surface area contributed by atoms with Crippen LogP contribution >= 0.6 is 22.9 Å². The normalized spacial score (nSPS) is 11.7. The van der Waals surface area contributed by atoms with E-state index < -0.39 is 0 Å². The highest BCUT2D eigenvalue weighted by Gasteiger charge is 2.24. The van der Waals surface area contributed by atoms with Gasteiger partial charge in [-0.1, -0.05) is 25.4 Å². The fourth-order valence-electron chi connectivity index (χ4n) is 1.30. The molecule has 0 radical (unpaired) electrons. The average molecular weight is 234 g/mol. The number of aromatic nitrogens is 1. The van der Waals surface area contributed by atoms with Crippen molar-refractivity contribution in [3.05, 3.63) is 10.5 Å². The van der Waals surface area contributed by atoms with Crippen molar-refractivity contribution in [2.75, 3.05) is 11.9 Å². The first-order valence-corrected chi connectivity index (χ1v) is 6.01. The Balaban J connectivity index is 2.73. The monoisotopic (exact) mass is 233 g/mol. The van der Waals surface area contributed by atoms with Gasteiger partial charge in [0.05, 0.1) is 5.54 Å². The highest BCUT2D eigenvalue weighted by Crippen LogP contribution is 2.25. The van der Waals surface area contributed by atoms with E-state index in [0.29, 0.717) is 11.7 Å². The van der Waals surface area contributed by atoms with E-state index in [1.54, 1.807) is 0 Å². The molecular weight excluding hydrogens is 218 g/mol. The topological polar surface area (TPSA) is 50.9 Å². The van der Waals surface area contributed by atoms with Crippen LogP contribution in [-0.4, -0.2) is 17.1 Å². The van der Waals surface area contributed by atoms with Gasteiger partial charge in [0.15, 0.2) is 5.13 Å². The molecule has 0 atom stereocenters. The van der Waals surface area contributed by atoms with Crippen LogP contribution in [0.3, 0.4) is 0 Å². The minimum Gasteiger partial charge on any atom is -0.355 e. The number of anilines is 1. The summed E-state index contributed by atoms with van der Waals surface area (Å²) in [5.74, 6) is 0. The van der Waals surface area contributed by atoms with E-state index in [1.165, 1.54) is 11.3 Å². The van der Waals surface area contributed by atoms with Gasteiger partial charge >= 0.3 is 0 Å². The Morgan fingerprint density at radius 1 is 1.57 bits per heavy atom. The van der Waals surface area contributed by atoms with Gasteiger partial charge in [-0.3, -0.25) is 0 Å². The second-order valence-electron chi connectivity index (χ2n) is 3.29. The molecule has 80 valence electrons. The summed E-state index contributed by atoms with van der Waals surface area (Å²) < 4.78 is 0. The molecule has 0 aliphatic carbocycles. The van der Waals surface area contributed by atoms with E-state index in [4.69, 9.17) is 17.3 Å². The Labute approximate surface area is 93.7 Å². The molecule has 3 nitrogen and oxygen atoms in total. The molecule has 0 saturated carbocycles. The summed E-state index contributed by atoms with van der Waals surface area (Å²) in [4.78, 5) is 4.16. The zero-order valence-corrected chi connectivity index (χ0v) is 10.1. The average Bonchev–Trinajstić information content (AvgIpc) is 2.61. The third-order valence-electron chi connectivity index (χ3n) is 2.59. The number of hydrogen-bond acceptors (Lipinski definition) is 4. The van der Waals surface area contributed by atoms with E-state index in [0.717, 1.165) is 18.0 Å². The van der Waals surface area contributed by atoms with Crippen LogP contribution in [0.1, 0.15) is 26.7 Å². The molecule has 0 unspecified atom stereocenters. The summed E-state index contributed by atoms with van der Waals surface area (Å²) in [6.45, 7) is 4.86. The van der Waals surface area contributed by atoms with Crippen LogP contribution in [0, 0.1) is 0 Å². The molecule has 5 heteroatoms. The van der Waals surface area contributed by atoms with Gasteiger partial charge in [-0.15, -0.1) is 11.3 Å². The van der Waals surface area contributed by atoms with E-state index in [-0.39, 0.29) is 5.54 Å². The van der Waals surface area contributed by atoms with E-state index in [2.05, 4.69) is 24.1 Å². The lowest BCUT2D eigenvalue weighted by Gasteiger charge is -2.31. The summed E-state index contributed by atoms with van der Waals surface area (Å²) >= 11 is 7.26. The van der Waals surface area contributed by atoms with Crippen molar-refractivity contribution in [3.63, 3.8) is 0 Å². The molecule has 0 fully saturated rings. The standard InChI is InChI=1S/C9H16ClN3S/c1-3-9(4-2,6-11)13-8-12-7(10)5-14-8/h5H,3-4,6,11H2,1-2H3,(H,12,13). The van der Waals surface area contributed by atoms with Crippen LogP contribution in [0.15, 0.2) is 5.38 Å². The number of rotatable bonds is 5. The Kier molecular flexibility index (Phi) is 4.16. The molecule has 1 aromatic heterocycles. The Morgan fingerprint density at radius 2 is 2.21 bits per heavy atom. The minimum atomic E-state index is -0.0405. The SMILES string of the molecule is CCC(CC)(CN)Nc1nc(Cl)cs1.